The topological polar surface area (TPSA) is 71.1 Å². The zero-order valence-electron chi connectivity index (χ0n) is 13.2. The van der Waals surface area contributed by atoms with E-state index in [9.17, 15) is 9.59 Å². The lowest BCUT2D eigenvalue weighted by Crippen LogP contribution is -2.51. The van der Waals surface area contributed by atoms with Gasteiger partial charge in [0, 0.05) is 31.2 Å². The van der Waals surface area contributed by atoms with E-state index in [2.05, 4.69) is 5.32 Å². The summed E-state index contributed by atoms with van der Waals surface area (Å²) in [5.41, 5.74) is 0.512. The summed E-state index contributed by atoms with van der Waals surface area (Å²) < 4.78 is 10.2. The van der Waals surface area contributed by atoms with E-state index in [-0.39, 0.29) is 12.1 Å². The van der Waals surface area contributed by atoms with Crippen molar-refractivity contribution in [3.63, 3.8) is 0 Å². The molecule has 23 heavy (non-hydrogen) atoms. The highest BCUT2D eigenvalue weighted by Gasteiger charge is 2.25. The van der Waals surface area contributed by atoms with Gasteiger partial charge in [-0.1, -0.05) is 11.6 Å². The Balaban J connectivity index is 1.93. The number of anilines is 1. The fourth-order valence-electron chi connectivity index (χ4n) is 2.28. The Kier molecular flexibility index (Phi) is 5.92. The Labute approximate surface area is 140 Å². The second-order valence-electron chi connectivity index (χ2n) is 4.95. The van der Waals surface area contributed by atoms with Gasteiger partial charge >= 0.3 is 12.1 Å². The molecule has 7 nitrogen and oxygen atoms in total. The summed E-state index contributed by atoms with van der Waals surface area (Å²) in [6.07, 6.45) is -0.343. The molecule has 126 valence electrons. The summed E-state index contributed by atoms with van der Waals surface area (Å²) >= 11 is 5.95. The smallest absolute Gasteiger partial charge is 0.409 e. The average Bonchev–Trinajstić information content (AvgIpc) is 2.55. The van der Waals surface area contributed by atoms with Gasteiger partial charge in [-0.3, -0.25) is 0 Å². The summed E-state index contributed by atoms with van der Waals surface area (Å²) in [6, 6.07) is 4.76. The number of ether oxygens (including phenoxy) is 2. The molecule has 1 aliphatic rings. The van der Waals surface area contributed by atoms with Crippen LogP contribution in [0.25, 0.3) is 0 Å². The van der Waals surface area contributed by atoms with E-state index < -0.39 is 0 Å². The van der Waals surface area contributed by atoms with Crippen molar-refractivity contribution in [3.8, 4) is 5.75 Å². The van der Waals surface area contributed by atoms with Gasteiger partial charge in [0.25, 0.3) is 0 Å². The van der Waals surface area contributed by atoms with Crippen LogP contribution in [0.4, 0.5) is 15.3 Å². The lowest BCUT2D eigenvalue weighted by Gasteiger charge is -2.34. The van der Waals surface area contributed by atoms with Crippen LogP contribution in [0.5, 0.6) is 5.75 Å². The molecule has 2 rings (SSSR count). The third kappa shape index (κ3) is 4.41. The Morgan fingerprint density at radius 3 is 2.48 bits per heavy atom. The molecule has 1 aliphatic heterocycles. The summed E-state index contributed by atoms with van der Waals surface area (Å²) in [5.74, 6) is 0.535. The quantitative estimate of drug-likeness (QED) is 0.917. The molecule has 0 unspecified atom stereocenters. The molecule has 0 atom stereocenters. The van der Waals surface area contributed by atoms with Gasteiger partial charge in [0.1, 0.15) is 5.75 Å². The van der Waals surface area contributed by atoms with Crippen molar-refractivity contribution in [2.45, 2.75) is 6.92 Å². The molecule has 3 amide bonds. The molecular weight excluding hydrogens is 322 g/mol. The van der Waals surface area contributed by atoms with Crippen LogP contribution in [0.3, 0.4) is 0 Å². The largest absolute Gasteiger partial charge is 0.495 e. The summed E-state index contributed by atoms with van der Waals surface area (Å²) in [5, 5.41) is 3.29. The van der Waals surface area contributed by atoms with Gasteiger partial charge in [-0.15, -0.1) is 0 Å². The summed E-state index contributed by atoms with van der Waals surface area (Å²) in [6.45, 7) is 3.87. The predicted octanol–water partition coefficient (Wildman–Crippen LogP) is 2.65. The standard InChI is InChI=1S/C15H20ClN3O4/c1-3-23-15(21)19-8-6-18(7-9-19)14(20)17-12-10-11(16)4-5-13(12)22-2/h4-5,10H,3,6-9H2,1-2H3,(H,17,20). The molecule has 1 heterocycles. The Bertz CT molecular complexity index is 574. The third-order valence-corrected chi connectivity index (χ3v) is 3.73. The molecular formula is C15H20ClN3O4. The van der Waals surface area contributed by atoms with Crippen LogP contribution in [0.1, 0.15) is 6.92 Å². The number of carbonyl (C=O) groups excluding carboxylic acids is 2. The van der Waals surface area contributed by atoms with E-state index in [1.54, 1.807) is 34.9 Å². The first kappa shape index (κ1) is 17.2. The van der Waals surface area contributed by atoms with Crippen LogP contribution >= 0.6 is 11.6 Å². The van der Waals surface area contributed by atoms with Gasteiger partial charge in [0.2, 0.25) is 0 Å². The predicted molar refractivity (Wildman–Crippen MR) is 87.2 cm³/mol. The molecule has 0 radical (unpaired) electrons. The van der Waals surface area contributed by atoms with Crippen LogP contribution in [0.15, 0.2) is 18.2 Å². The van der Waals surface area contributed by atoms with Crippen LogP contribution in [-0.2, 0) is 4.74 Å². The average molecular weight is 342 g/mol. The molecule has 1 saturated heterocycles. The first-order chi connectivity index (χ1) is 11.0. The zero-order chi connectivity index (χ0) is 16.8. The second kappa shape index (κ2) is 7.92. The highest BCUT2D eigenvalue weighted by molar-refractivity contribution is 6.31. The molecule has 1 aromatic carbocycles. The second-order valence-corrected chi connectivity index (χ2v) is 5.38. The van der Waals surface area contributed by atoms with Gasteiger partial charge in [-0.25, -0.2) is 9.59 Å². The van der Waals surface area contributed by atoms with Crippen molar-refractivity contribution in [3.05, 3.63) is 23.2 Å². The minimum Gasteiger partial charge on any atom is -0.495 e. The van der Waals surface area contributed by atoms with Crippen molar-refractivity contribution in [1.29, 1.82) is 0 Å². The molecule has 0 saturated carbocycles. The van der Waals surface area contributed by atoms with E-state index in [0.717, 1.165) is 0 Å². The fraction of sp³-hybridized carbons (Fsp3) is 0.467. The molecule has 0 aliphatic carbocycles. The molecule has 1 fully saturated rings. The van der Waals surface area contributed by atoms with E-state index in [4.69, 9.17) is 21.1 Å². The number of nitrogens with zero attached hydrogens (tertiary/aromatic N) is 2. The Hall–Kier alpha value is -2.15. The SMILES string of the molecule is CCOC(=O)N1CCN(C(=O)Nc2cc(Cl)ccc2OC)CC1. The number of methoxy groups -OCH3 is 1. The zero-order valence-corrected chi connectivity index (χ0v) is 13.9. The third-order valence-electron chi connectivity index (χ3n) is 3.50. The van der Waals surface area contributed by atoms with Crippen LogP contribution < -0.4 is 10.1 Å². The number of halogens is 1. The van der Waals surface area contributed by atoms with Gasteiger partial charge in [0.15, 0.2) is 0 Å². The first-order valence-corrected chi connectivity index (χ1v) is 7.74. The Morgan fingerprint density at radius 2 is 1.87 bits per heavy atom. The molecule has 8 heteroatoms. The highest BCUT2D eigenvalue weighted by atomic mass is 35.5. The van der Waals surface area contributed by atoms with Gasteiger partial charge in [-0.05, 0) is 25.1 Å². The number of rotatable bonds is 3. The summed E-state index contributed by atoms with van der Waals surface area (Å²) in [7, 11) is 1.52. The maximum atomic E-state index is 12.3. The van der Waals surface area contributed by atoms with Gasteiger partial charge in [-0.2, -0.15) is 0 Å². The molecule has 0 spiro atoms. The number of nitrogens with one attached hydrogen (secondary N) is 1. The number of hydrogen-bond acceptors (Lipinski definition) is 4. The number of hydrogen-bond donors (Lipinski definition) is 1. The minimum absolute atomic E-state index is 0.255. The van der Waals surface area contributed by atoms with Crippen molar-refractivity contribution in [2.75, 3.05) is 45.2 Å². The van der Waals surface area contributed by atoms with Crippen LogP contribution in [0.2, 0.25) is 5.02 Å². The monoisotopic (exact) mass is 341 g/mol. The van der Waals surface area contributed by atoms with Crippen molar-refractivity contribution in [2.24, 2.45) is 0 Å². The number of piperazine rings is 1. The molecule has 1 aromatic rings. The molecule has 1 N–H and O–H groups in total. The van der Waals surface area contributed by atoms with E-state index in [1.807, 2.05) is 0 Å². The lowest BCUT2D eigenvalue weighted by molar-refractivity contribution is 0.0868. The minimum atomic E-state index is -0.343. The fourth-order valence-corrected chi connectivity index (χ4v) is 2.45. The first-order valence-electron chi connectivity index (χ1n) is 7.36. The number of amides is 3. The van der Waals surface area contributed by atoms with E-state index in [1.165, 1.54) is 7.11 Å². The van der Waals surface area contributed by atoms with E-state index >= 15 is 0 Å². The van der Waals surface area contributed by atoms with Gasteiger partial charge < -0.3 is 24.6 Å². The maximum Gasteiger partial charge on any atom is 0.409 e. The van der Waals surface area contributed by atoms with Crippen molar-refractivity contribution >= 4 is 29.4 Å². The lowest BCUT2D eigenvalue weighted by atomic mass is 10.3. The number of carbonyl (C=O) groups is 2. The van der Waals surface area contributed by atoms with E-state index in [0.29, 0.717) is 49.2 Å². The van der Waals surface area contributed by atoms with Gasteiger partial charge in [0.05, 0.1) is 19.4 Å². The summed E-state index contributed by atoms with van der Waals surface area (Å²) in [4.78, 5) is 27.2. The van der Waals surface area contributed by atoms with Crippen molar-refractivity contribution < 1.29 is 19.1 Å². The molecule has 0 aromatic heterocycles. The number of benzene rings is 1. The van der Waals surface area contributed by atoms with Crippen molar-refractivity contribution in [1.82, 2.24) is 9.80 Å². The number of urea groups is 1. The molecule has 0 bridgehead atoms. The Morgan fingerprint density at radius 1 is 1.22 bits per heavy atom. The maximum absolute atomic E-state index is 12.3. The highest BCUT2D eigenvalue weighted by Crippen LogP contribution is 2.28. The van der Waals surface area contributed by atoms with Crippen LogP contribution in [-0.4, -0.2) is 61.8 Å². The normalized spacial score (nSPS) is 14.4. The van der Waals surface area contributed by atoms with Crippen LogP contribution in [0, 0.1) is 0 Å².